The minimum absolute atomic E-state index is 0.144. The quantitative estimate of drug-likeness (QED) is 0.712. The second-order valence-electron chi connectivity index (χ2n) is 2.56. The molecule has 0 saturated heterocycles. The van der Waals surface area contributed by atoms with Gasteiger partial charge in [0.15, 0.2) is 6.29 Å². The summed E-state index contributed by atoms with van der Waals surface area (Å²) in [6, 6.07) is 1.11. The van der Waals surface area contributed by atoms with Gasteiger partial charge in [0.25, 0.3) is 6.43 Å². The topological polar surface area (TPSA) is 49.9 Å². The van der Waals surface area contributed by atoms with Gasteiger partial charge in [0.05, 0.1) is 5.69 Å². The van der Waals surface area contributed by atoms with Crippen LogP contribution in [0.3, 0.4) is 0 Å². The average Bonchev–Trinajstić information content (AvgIpc) is 2.02. The highest BCUT2D eigenvalue weighted by molar-refractivity contribution is 5.78. The molecule has 0 radical (unpaired) electrons. The Morgan fingerprint density at radius 2 is 2.15 bits per heavy atom. The van der Waals surface area contributed by atoms with Crippen molar-refractivity contribution in [3.8, 4) is 0 Å². The number of rotatable bonds is 2. The van der Waals surface area contributed by atoms with E-state index < -0.39 is 17.7 Å². The van der Waals surface area contributed by atoms with Crippen molar-refractivity contribution in [1.29, 1.82) is 0 Å². The number of hydrogen-bond donors (Lipinski definition) is 1. The Bertz CT molecular complexity index is 384. The van der Waals surface area contributed by atoms with Crippen molar-refractivity contribution in [2.24, 2.45) is 0 Å². The lowest BCUT2D eigenvalue weighted by Crippen LogP contribution is -2.12. The molecule has 0 aromatic carbocycles. The molecule has 0 amide bonds. The number of carbonyl (C=O) groups is 1. The Morgan fingerprint density at radius 3 is 2.62 bits per heavy atom. The molecule has 0 saturated carbocycles. The zero-order valence-electron chi connectivity index (χ0n) is 6.80. The first kappa shape index (κ1) is 9.57. The lowest BCUT2D eigenvalue weighted by Gasteiger charge is -2.04. The van der Waals surface area contributed by atoms with Gasteiger partial charge in [-0.2, -0.15) is 0 Å². The predicted molar refractivity (Wildman–Crippen MR) is 42.1 cm³/mol. The van der Waals surface area contributed by atoms with E-state index >= 15 is 0 Å². The first-order chi connectivity index (χ1) is 6.06. The number of nitrogens with one attached hydrogen (secondary N) is 1. The maximum atomic E-state index is 12.2. The third kappa shape index (κ3) is 1.80. The standard InChI is InChI=1S/C8H7F2NO2/c1-4-2-6(13)11-7(8(9)10)5(4)3-12/h2-3,8H,1H3,(H,11,13). The normalized spacial score (nSPS) is 10.5. The minimum atomic E-state index is -2.84. The Kier molecular flexibility index (Phi) is 2.55. The number of carbonyl (C=O) groups excluding carboxylic acids is 1. The second-order valence-corrected chi connectivity index (χ2v) is 2.56. The van der Waals surface area contributed by atoms with Crippen LogP contribution in [-0.4, -0.2) is 11.3 Å². The van der Waals surface area contributed by atoms with Crippen LogP contribution in [0.1, 0.15) is 28.0 Å². The van der Waals surface area contributed by atoms with Crippen LogP contribution >= 0.6 is 0 Å². The first-order valence-corrected chi connectivity index (χ1v) is 3.53. The number of H-pyrrole nitrogens is 1. The third-order valence-corrected chi connectivity index (χ3v) is 1.66. The van der Waals surface area contributed by atoms with Gasteiger partial charge >= 0.3 is 0 Å². The number of aryl methyl sites for hydroxylation is 1. The van der Waals surface area contributed by atoms with Crippen LogP contribution in [0.15, 0.2) is 10.9 Å². The van der Waals surface area contributed by atoms with Crippen LogP contribution in [0.5, 0.6) is 0 Å². The van der Waals surface area contributed by atoms with Crippen LogP contribution < -0.4 is 5.56 Å². The zero-order chi connectivity index (χ0) is 10.0. The molecule has 0 unspecified atom stereocenters. The van der Waals surface area contributed by atoms with Crippen LogP contribution in [0.4, 0.5) is 8.78 Å². The molecule has 0 aliphatic carbocycles. The molecule has 0 fully saturated rings. The molecule has 0 spiro atoms. The first-order valence-electron chi connectivity index (χ1n) is 3.53. The van der Waals surface area contributed by atoms with E-state index in [9.17, 15) is 18.4 Å². The van der Waals surface area contributed by atoms with E-state index in [-0.39, 0.29) is 11.1 Å². The van der Waals surface area contributed by atoms with Gasteiger partial charge in [-0.1, -0.05) is 0 Å². The van der Waals surface area contributed by atoms with E-state index in [0.717, 1.165) is 6.07 Å². The van der Waals surface area contributed by atoms with Gasteiger partial charge in [-0.05, 0) is 12.5 Å². The highest BCUT2D eigenvalue weighted by Gasteiger charge is 2.15. The van der Waals surface area contributed by atoms with E-state index in [1.807, 2.05) is 4.98 Å². The summed E-state index contributed by atoms with van der Waals surface area (Å²) in [5.41, 5.74) is -1.12. The van der Waals surface area contributed by atoms with Gasteiger partial charge in [0, 0.05) is 11.6 Å². The van der Waals surface area contributed by atoms with Gasteiger partial charge in [-0.15, -0.1) is 0 Å². The minimum Gasteiger partial charge on any atom is -0.320 e. The zero-order valence-corrected chi connectivity index (χ0v) is 6.80. The summed E-state index contributed by atoms with van der Waals surface area (Å²) in [4.78, 5) is 23.1. The maximum absolute atomic E-state index is 12.2. The van der Waals surface area contributed by atoms with Crippen molar-refractivity contribution in [2.75, 3.05) is 0 Å². The third-order valence-electron chi connectivity index (χ3n) is 1.66. The smallest absolute Gasteiger partial charge is 0.279 e. The fourth-order valence-electron chi connectivity index (χ4n) is 1.05. The molecule has 5 heteroatoms. The van der Waals surface area contributed by atoms with Crippen molar-refractivity contribution >= 4 is 6.29 Å². The molecule has 0 bridgehead atoms. The molecule has 1 N–H and O–H groups in total. The highest BCUT2D eigenvalue weighted by atomic mass is 19.3. The summed E-state index contributed by atoms with van der Waals surface area (Å²) in [5, 5.41) is 0. The molecule has 1 aromatic rings. The van der Waals surface area contributed by atoms with E-state index in [1.165, 1.54) is 6.92 Å². The maximum Gasteiger partial charge on any atom is 0.279 e. The van der Waals surface area contributed by atoms with Crippen molar-refractivity contribution in [3.63, 3.8) is 0 Å². The summed E-state index contributed by atoms with van der Waals surface area (Å²) < 4.78 is 24.5. The lowest BCUT2D eigenvalue weighted by molar-refractivity contribution is 0.110. The molecular formula is C8H7F2NO2. The number of aromatic nitrogens is 1. The van der Waals surface area contributed by atoms with Gasteiger partial charge in [0.1, 0.15) is 0 Å². The van der Waals surface area contributed by atoms with Crippen LogP contribution in [0.25, 0.3) is 0 Å². The van der Waals surface area contributed by atoms with Crippen molar-refractivity contribution in [2.45, 2.75) is 13.3 Å². The molecule has 3 nitrogen and oxygen atoms in total. The summed E-state index contributed by atoms with van der Waals surface area (Å²) >= 11 is 0. The average molecular weight is 187 g/mol. The van der Waals surface area contributed by atoms with Crippen LogP contribution in [0, 0.1) is 6.92 Å². The largest absolute Gasteiger partial charge is 0.320 e. The fourth-order valence-corrected chi connectivity index (χ4v) is 1.05. The van der Waals surface area contributed by atoms with Gasteiger partial charge < -0.3 is 4.98 Å². The molecular weight excluding hydrogens is 180 g/mol. The Labute approximate surface area is 72.4 Å². The number of alkyl halides is 2. The lowest BCUT2D eigenvalue weighted by atomic mass is 10.1. The van der Waals surface area contributed by atoms with Crippen LogP contribution in [0.2, 0.25) is 0 Å². The highest BCUT2D eigenvalue weighted by Crippen LogP contribution is 2.19. The van der Waals surface area contributed by atoms with Gasteiger partial charge in [-0.25, -0.2) is 8.78 Å². The summed E-state index contributed by atoms with van der Waals surface area (Å²) in [6.45, 7) is 1.44. The monoisotopic (exact) mass is 187 g/mol. The Balaban J connectivity index is 3.47. The number of hydrogen-bond acceptors (Lipinski definition) is 2. The van der Waals surface area contributed by atoms with Crippen molar-refractivity contribution < 1.29 is 13.6 Å². The molecule has 0 atom stereocenters. The van der Waals surface area contributed by atoms with E-state index in [4.69, 9.17) is 0 Å². The number of pyridine rings is 1. The number of halogens is 2. The van der Waals surface area contributed by atoms with Gasteiger partial charge in [-0.3, -0.25) is 9.59 Å². The molecule has 0 aliphatic heterocycles. The van der Waals surface area contributed by atoms with Crippen molar-refractivity contribution in [1.82, 2.24) is 4.98 Å². The molecule has 70 valence electrons. The fraction of sp³-hybridized carbons (Fsp3) is 0.250. The van der Waals surface area contributed by atoms with Gasteiger partial charge in [0.2, 0.25) is 5.56 Å². The molecule has 1 aromatic heterocycles. The Morgan fingerprint density at radius 1 is 1.54 bits per heavy atom. The predicted octanol–water partition coefficient (Wildman–Crippen LogP) is 1.43. The number of aldehydes is 1. The van der Waals surface area contributed by atoms with E-state index in [2.05, 4.69) is 0 Å². The molecule has 1 heterocycles. The van der Waals surface area contributed by atoms with E-state index in [0.29, 0.717) is 6.29 Å². The number of aromatic amines is 1. The second kappa shape index (κ2) is 3.47. The molecule has 13 heavy (non-hydrogen) atoms. The Hall–Kier alpha value is -1.52. The van der Waals surface area contributed by atoms with E-state index in [1.54, 1.807) is 0 Å². The summed E-state index contributed by atoms with van der Waals surface area (Å²) in [5.74, 6) is 0. The van der Waals surface area contributed by atoms with Crippen molar-refractivity contribution in [3.05, 3.63) is 33.2 Å². The molecule has 0 aliphatic rings. The molecule has 1 rings (SSSR count). The summed E-state index contributed by atoms with van der Waals surface area (Å²) in [7, 11) is 0. The van der Waals surface area contributed by atoms with Crippen LogP contribution in [-0.2, 0) is 0 Å². The summed E-state index contributed by atoms with van der Waals surface area (Å²) in [6.07, 6.45) is -2.53. The SMILES string of the molecule is Cc1cc(=O)[nH]c(C(F)F)c1C=O.